The van der Waals surface area contributed by atoms with Crippen molar-refractivity contribution in [1.29, 1.82) is 0 Å². The molecule has 0 saturated heterocycles. The summed E-state index contributed by atoms with van der Waals surface area (Å²) in [6.07, 6.45) is 3.96. The fourth-order valence-corrected chi connectivity index (χ4v) is 5.08. The summed E-state index contributed by atoms with van der Waals surface area (Å²) in [6.45, 7) is 17.1. The average molecular weight is 501 g/mol. The summed E-state index contributed by atoms with van der Waals surface area (Å²) in [5.41, 5.74) is 13.4. The van der Waals surface area contributed by atoms with Gasteiger partial charge in [-0.05, 0) is 96.0 Å². The minimum Gasteiger partial charge on any atom is -0.397 e. The van der Waals surface area contributed by atoms with E-state index >= 15 is 0 Å². The van der Waals surface area contributed by atoms with Crippen LogP contribution in [0, 0.1) is 0 Å². The van der Waals surface area contributed by atoms with Crippen LogP contribution in [0.5, 0.6) is 0 Å². The lowest BCUT2D eigenvalue weighted by molar-refractivity contribution is -0.112. The number of rotatable bonds is 11. The summed E-state index contributed by atoms with van der Waals surface area (Å²) < 4.78 is 0. The van der Waals surface area contributed by atoms with Gasteiger partial charge in [-0.25, -0.2) is 4.99 Å². The SMILES string of the molecule is CCCC1=C(N)C(=Nc2ccc(N(CC)C(C)C)cc2)C=C(Cc2ccc(N(CC)C(C)C)cc2)C1=O. The van der Waals surface area contributed by atoms with Gasteiger partial charge < -0.3 is 15.5 Å². The van der Waals surface area contributed by atoms with Crippen LogP contribution in [0.3, 0.4) is 0 Å². The van der Waals surface area contributed by atoms with Gasteiger partial charge in [0.1, 0.15) is 0 Å². The van der Waals surface area contributed by atoms with Crippen molar-refractivity contribution in [3.05, 3.63) is 77.0 Å². The molecular weight excluding hydrogens is 456 g/mol. The zero-order valence-corrected chi connectivity index (χ0v) is 23.7. The lowest BCUT2D eigenvalue weighted by Gasteiger charge is -2.27. The Morgan fingerprint density at radius 2 is 1.32 bits per heavy atom. The van der Waals surface area contributed by atoms with Gasteiger partial charge in [0.2, 0.25) is 0 Å². The number of hydrogen-bond donors (Lipinski definition) is 1. The van der Waals surface area contributed by atoms with E-state index in [2.05, 4.69) is 94.7 Å². The maximum Gasteiger partial charge on any atom is 0.187 e. The van der Waals surface area contributed by atoms with Crippen molar-refractivity contribution in [3.63, 3.8) is 0 Å². The summed E-state index contributed by atoms with van der Waals surface area (Å²) in [6, 6.07) is 17.7. The third kappa shape index (κ3) is 6.71. The topological polar surface area (TPSA) is 61.9 Å². The Labute approximate surface area is 223 Å². The number of nitrogens with zero attached hydrogens (tertiary/aromatic N) is 3. The van der Waals surface area contributed by atoms with Crippen molar-refractivity contribution in [3.8, 4) is 0 Å². The number of carbonyl (C=O) groups excluding carboxylic acids is 1. The molecule has 0 spiro atoms. The van der Waals surface area contributed by atoms with Crippen LogP contribution in [0.4, 0.5) is 17.1 Å². The fraction of sp³-hybridized carbons (Fsp3) is 0.438. The molecule has 2 N–H and O–H groups in total. The van der Waals surface area contributed by atoms with Crippen molar-refractivity contribution in [1.82, 2.24) is 0 Å². The molecule has 1 aliphatic rings. The predicted molar refractivity (Wildman–Crippen MR) is 159 cm³/mol. The highest BCUT2D eigenvalue weighted by atomic mass is 16.1. The highest BCUT2D eigenvalue weighted by molar-refractivity contribution is 6.24. The highest BCUT2D eigenvalue weighted by Gasteiger charge is 2.25. The quantitative estimate of drug-likeness (QED) is 0.338. The van der Waals surface area contributed by atoms with Gasteiger partial charge in [0, 0.05) is 54.1 Å². The van der Waals surface area contributed by atoms with Gasteiger partial charge in [-0.15, -0.1) is 0 Å². The summed E-state index contributed by atoms with van der Waals surface area (Å²) in [5, 5.41) is 0. The first kappa shape index (κ1) is 28.2. The normalized spacial score (nSPS) is 15.1. The first-order valence-electron chi connectivity index (χ1n) is 13.7. The third-order valence-electron chi connectivity index (χ3n) is 7.00. The third-order valence-corrected chi connectivity index (χ3v) is 7.00. The van der Waals surface area contributed by atoms with Gasteiger partial charge in [0.25, 0.3) is 0 Å². The van der Waals surface area contributed by atoms with E-state index in [4.69, 9.17) is 10.7 Å². The van der Waals surface area contributed by atoms with Crippen LogP contribution in [-0.4, -0.2) is 36.7 Å². The Bertz CT molecular complexity index is 1150. The van der Waals surface area contributed by atoms with Crippen molar-refractivity contribution in [2.75, 3.05) is 22.9 Å². The molecule has 0 unspecified atom stereocenters. The summed E-state index contributed by atoms with van der Waals surface area (Å²) in [7, 11) is 0. The van der Waals surface area contributed by atoms with Gasteiger partial charge in [-0.3, -0.25) is 4.79 Å². The van der Waals surface area contributed by atoms with Crippen molar-refractivity contribution in [2.24, 2.45) is 10.7 Å². The molecule has 0 heterocycles. The lowest BCUT2D eigenvalue weighted by atomic mass is 9.87. The van der Waals surface area contributed by atoms with E-state index in [-0.39, 0.29) is 5.78 Å². The molecule has 5 heteroatoms. The molecule has 37 heavy (non-hydrogen) atoms. The Kier molecular flexibility index (Phi) is 9.73. The molecule has 0 aromatic heterocycles. The predicted octanol–water partition coefficient (Wildman–Crippen LogP) is 6.99. The minimum absolute atomic E-state index is 0.0469. The molecule has 0 saturated carbocycles. The second kappa shape index (κ2) is 12.8. The zero-order chi connectivity index (χ0) is 27.1. The first-order valence-corrected chi connectivity index (χ1v) is 13.7. The van der Waals surface area contributed by atoms with Gasteiger partial charge >= 0.3 is 0 Å². The van der Waals surface area contributed by atoms with E-state index in [1.165, 1.54) is 11.4 Å². The van der Waals surface area contributed by atoms with Crippen LogP contribution in [0.2, 0.25) is 0 Å². The number of Topliss-reactive ketones (excluding diaryl/α,β-unsaturated/α-hetero) is 1. The lowest BCUT2D eigenvalue weighted by Crippen LogP contribution is -2.30. The molecule has 3 rings (SSSR count). The average Bonchev–Trinajstić information content (AvgIpc) is 2.87. The van der Waals surface area contributed by atoms with Crippen LogP contribution in [0.1, 0.15) is 66.9 Å². The van der Waals surface area contributed by atoms with Gasteiger partial charge in [-0.1, -0.05) is 25.5 Å². The summed E-state index contributed by atoms with van der Waals surface area (Å²) in [5.74, 6) is 0.0469. The Hall–Kier alpha value is -3.34. The molecule has 0 bridgehead atoms. The second-order valence-electron chi connectivity index (χ2n) is 10.3. The number of nitrogens with two attached hydrogens (primary N) is 1. The van der Waals surface area contributed by atoms with E-state index < -0.39 is 0 Å². The standard InChI is InChI=1S/C32H44N4O/c1-8-11-29-31(33)30(34-26-14-18-28(19-15-26)36(10-3)23(6)7)21-25(32(29)37)20-24-12-16-27(17-13-24)35(9-2)22(4)5/h12-19,21-23H,8-11,20,33H2,1-7H3. The van der Waals surface area contributed by atoms with Gasteiger partial charge in [0.05, 0.1) is 17.1 Å². The Balaban J connectivity index is 1.92. The smallest absolute Gasteiger partial charge is 0.187 e. The molecule has 2 aromatic carbocycles. The van der Waals surface area contributed by atoms with Gasteiger partial charge in [-0.2, -0.15) is 0 Å². The van der Waals surface area contributed by atoms with Crippen molar-refractivity contribution in [2.45, 2.75) is 79.8 Å². The molecule has 5 nitrogen and oxygen atoms in total. The second-order valence-corrected chi connectivity index (χ2v) is 10.3. The number of hydrogen-bond acceptors (Lipinski definition) is 5. The summed E-state index contributed by atoms with van der Waals surface area (Å²) >= 11 is 0. The molecule has 1 aliphatic carbocycles. The van der Waals surface area contributed by atoms with E-state index in [1.807, 2.05) is 18.2 Å². The number of aliphatic imine (C=N–C) groups is 1. The van der Waals surface area contributed by atoms with Crippen molar-refractivity contribution < 1.29 is 4.79 Å². The molecule has 0 atom stereocenters. The van der Waals surface area contributed by atoms with E-state index in [0.29, 0.717) is 41.9 Å². The van der Waals surface area contributed by atoms with Crippen molar-refractivity contribution >= 4 is 28.6 Å². The fourth-order valence-electron chi connectivity index (χ4n) is 5.08. The van der Waals surface area contributed by atoms with Crippen LogP contribution < -0.4 is 15.5 Å². The van der Waals surface area contributed by atoms with Crippen LogP contribution in [0.25, 0.3) is 0 Å². The molecule has 0 aliphatic heterocycles. The number of benzene rings is 2. The Morgan fingerprint density at radius 1 is 0.811 bits per heavy atom. The maximum atomic E-state index is 13.4. The first-order chi connectivity index (χ1) is 17.7. The van der Waals surface area contributed by atoms with Gasteiger partial charge in [0.15, 0.2) is 5.78 Å². The Morgan fingerprint density at radius 3 is 1.78 bits per heavy atom. The molecule has 198 valence electrons. The zero-order valence-electron chi connectivity index (χ0n) is 23.7. The summed E-state index contributed by atoms with van der Waals surface area (Å²) in [4.78, 5) is 23.0. The van der Waals surface area contributed by atoms with E-state index in [0.717, 1.165) is 36.3 Å². The maximum absolute atomic E-state index is 13.4. The van der Waals surface area contributed by atoms with Crippen LogP contribution in [-0.2, 0) is 11.2 Å². The molecule has 2 aromatic rings. The highest BCUT2D eigenvalue weighted by Crippen LogP contribution is 2.28. The molecular formula is C32H44N4O. The van der Waals surface area contributed by atoms with E-state index in [1.54, 1.807) is 0 Å². The number of anilines is 2. The monoisotopic (exact) mass is 500 g/mol. The van der Waals surface area contributed by atoms with Crippen LogP contribution >= 0.6 is 0 Å². The molecule has 0 amide bonds. The molecule has 0 fully saturated rings. The molecule has 0 radical (unpaired) electrons. The number of allylic oxidation sites excluding steroid dienone is 3. The minimum atomic E-state index is 0.0469. The number of carbonyl (C=O) groups is 1. The van der Waals surface area contributed by atoms with Crippen LogP contribution in [0.15, 0.2) is 76.4 Å². The van der Waals surface area contributed by atoms with E-state index in [9.17, 15) is 4.79 Å². The largest absolute Gasteiger partial charge is 0.397 e. The number of ketones is 1.